The van der Waals surface area contributed by atoms with E-state index in [-0.39, 0.29) is 0 Å². The van der Waals surface area contributed by atoms with Gasteiger partial charge in [-0.2, -0.15) is 0 Å². The molecule has 2 rings (SSSR count). The van der Waals surface area contributed by atoms with Gasteiger partial charge in [0.05, 0.1) is 5.69 Å². The fourth-order valence-corrected chi connectivity index (χ4v) is 2.30. The van der Waals surface area contributed by atoms with Crippen molar-refractivity contribution in [3.63, 3.8) is 0 Å². The summed E-state index contributed by atoms with van der Waals surface area (Å²) < 4.78 is 11.4. The van der Waals surface area contributed by atoms with Gasteiger partial charge in [0.2, 0.25) is 0 Å². The third-order valence-corrected chi connectivity index (χ3v) is 3.11. The first-order valence-corrected chi connectivity index (χ1v) is 6.76. The van der Waals surface area contributed by atoms with E-state index < -0.39 is 0 Å². The molecule has 0 aliphatic carbocycles. The zero-order valence-electron chi connectivity index (χ0n) is 12.3. The normalized spacial score (nSPS) is 10.3. The molecule has 0 amide bonds. The number of rotatable bonds is 5. The highest BCUT2D eigenvalue weighted by Gasteiger charge is 2.05. The molecule has 20 heavy (non-hydrogen) atoms. The molecule has 0 saturated carbocycles. The van der Waals surface area contributed by atoms with E-state index in [2.05, 4.69) is 32.9 Å². The lowest BCUT2D eigenvalue weighted by Crippen LogP contribution is -2.11. The molecule has 3 heteroatoms. The van der Waals surface area contributed by atoms with Crippen LogP contribution in [0.3, 0.4) is 0 Å². The van der Waals surface area contributed by atoms with Gasteiger partial charge in [-0.1, -0.05) is 29.8 Å². The first kappa shape index (κ1) is 14.3. The Kier molecular flexibility index (Phi) is 4.51. The van der Waals surface area contributed by atoms with Crippen molar-refractivity contribution in [2.75, 3.05) is 18.9 Å². The fourth-order valence-electron chi connectivity index (χ4n) is 2.30. The molecule has 0 bridgehead atoms. The van der Waals surface area contributed by atoms with Gasteiger partial charge >= 0.3 is 0 Å². The second kappa shape index (κ2) is 6.33. The summed E-state index contributed by atoms with van der Waals surface area (Å²) in [7, 11) is 0. The van der Waals surface area contributed by atoms with Crippen LogP contribution in [0.5, 0.6) is 11.5 Å². The van der Waals surface area contributed by atoms with Crippen LogP contribution in [0.4, 0.5) is 5.69 Å². The number of aryl methyl sites for hydroxylation is 3. The van der Waals surface area contributed by atoms with E-state index in [1.165, 1.54) is 5.56 Å². The molecule has 3 nitrogen and oxygen atoms in total. The first-order valence-electron chi connectivity index (χ1n) is 6.76. The third kappa shape index (κ3) is 3.44. The van der Waals surface area contributed by atoms with Crippen molar-refractivity contribution in [3.05, 3.63) is 53.1 Å². The number of ether oxygens (including phenoxy) is 2. The zero-order valence-corrected chi connectivity index (χ0v) is 12.3. The number of hydrogen-bond donors (Lipinski definition) is 1. The summed E-state index contributed by atoms with van der Waals surface area (Å²) in [6.07, 6.45) is 0. The minimum absolute atomic E-state index is 0.473. The molecule has 2 aromatic carbocycles. The summed E-state index contributed by atoms with van der Waals surface area (Å²) in [5.41, 5.74) is 10.0. The van der Waals surface area contributed by atoms with Crippen molar-refractivity contribution >= 4 is 5.69 Å². The van der Waals surface area contributed by atoms with Crippen LogP contribution in [0.2, 0.25) is 0 Å². The highest BCUT2D eigenvalue weighted by molar-refractivity contribution is 5.51. The molecule has 0 saturated heterocycles. The smallest absolute Gasteiger partial charge is 0.142 e. The van der Waals surface area contributed by atoms with Crippen LogP contribution in [0.25, 0.3) is 0 Å². The molecule has 0 aliphatic heterocycles. The zero-order chi connectivity index (χ0) is 14.5. The average molecular weight is 271 g/mol. The number of benzene rings is 2. The third-order valence-electron chi connectivity index (χ3n) is 3.11. The minimum atomic E-state index is 0.473. The number of nitrogen functional groups attached to an aromatic ring is 1. The van der Waals surface area contributed by atoms with Gasteiger partial charge in [-0.05, 0) is 44.0 Å². The van der Waals surface area contributed by atoms with Gasteiger partial charge in [-0.25, -0.2) is 0 Å². The second-order valence-electron chi connectivity index (χ2n) is 4.96. The average Bonchev–Trinajstić information content (AvgIpc) is 2.38. The lowest BCUT2D eigenvalue weighted by atomic mass is 10.1. The Labute approximate surface area is 120 Å². The van der Waals surface area contributed by atoms with E-state index in [1.807, 2.05) is 24.3 Å². The monoisotopic (exact) mass is 271 g/mol. The van der Waals surface area contributed by atoms with Crippen molar-refractivity contribution < 1.29 is 9.47 Å². The molecule has 0 aliphatic rings. The number of hydrogen-bond acceptors (Lipinski definition) is 3. The molecule has 0 spiro atoms. The molecule has 0 radical (unpaired) electrons. The van der Waals surface area contributed by atoms with Gasteiger partial charge in [-0.3, -0.25) is 0 Å². The molecule has 0 fully saturated rings. The lowest BCUT2D eigenvalue weighted by Gasteiger charge is -2.14. The van der Waals surface area contributed by atoms with Crippen LogP contribution in [-0.2, 0) is 0 Å². The van der Waals surface area contributed by atoms with Crippen LogP contribution in [0.1, 0.15) is 16.7 Å². The Balaban J connectivity index is 1.90. The SMILES string of the molecule is Cc1cc(C)c(OCCOc2ccccc2N)c(C)c1. The molecule has 0 atom stereocenters. The summed E-state index contributed by atoms with van der Waals surface area (Å²) in [5, 5.41) is 0. The fraction of sp³-hybridized carbons (Fsp3) is 0.294. The summed E-state index contributed by atoms with van der Waals surface area (Å²) >= 11 is 0. The molecule has 2 aromatic rings. The number of nitrogens with two attached hydrogens (primary N) is 1. The topological polar surface area (TPSA) is 44.5 Å². The highest BCUT2D eigenvalue weighted by Crippen LogP contribution is 2.24. The predicted octanol–water partition coefficient (Wildman–Crippen LogP) is 3.65. The van der Waals surface area contributed by atoms with Crippen LogP contribution >= 0.6 is 0 Å². The van der Waals surface area contributed by atoms with E-state index in [0.29, 0.717) is 24.7 Å². The van der Waals surface area contributed by atoms with Gasteiger partial charge < -0.3 is 15.2 Å². The van der Waals surface area contributed by atoms with E-state index in [9.17, 15) is 0 Å². The number of para-hydroxylation sites is 2. The largest absolute Gasteiger partial charge is 0.489 e. The van der Waals surface area contributed by atoms with Gasteiger partial charge in [-0.15, -0.1) is 0 Å². The van der Waals surface area contributed by atoms with Crippen LogP contribution in [-0.4, -0.2) is 13.2 Å². The molecule has 106 valence electrons. The van der Waals surface area contributed by atoms with E-state index in [0.717, 1.165) is 16.9 Å². The van der Waals surface area contributed by atoms with Crippen molar-refractivity contribution in [2.45, 2.75) is 20.8 Å². The Hall–Kier alpha value is -2.16. The first-order chi connectivity index (χ1) is 9.58. The van der Waals surface area contributed by atoms with Gasteiger partial charge in [0, 0.05) is 0 Å². The predicted molar refractivity (Wildman–Crippen MR) is 82.5 cm³/mol. The van der Waals surface area contributed by atoms with E-state index >= 15 is 0 Å². The second-order valence-corrected chi connectivity index (χ2v) is 4.96. The maximum atomic E-state index is 5.82. The summed E-state index contributed by atoms with van der Waals surface area (Å²) in [6.45, 7) is 7.18. The quantitative estimate of drug-likeness (QED) is 0.667. The van der Waals surface area contributed by atoms with Crippen molar-refractivity contribution in [3.8, 4) is 11.5 Å². The van der Waals surface area contributed by atoms with Crippen molar-refractivity contribution in [2.24, 2.45) is 0 Å². The van der Waals surface area contributed by atoms with Crippen LogP contribution in [0.15, 0.2) is 36.4 Å². The summed E-state index contributed by atoms with van der Waals surface area (Å²) in [6, 6.07) is 11.7. The molecule has 2 N–H and O–H groups in total. The molecular formula is C17H21NO2. The van der Waals surface area contributed by atoms with E-state index in [4.69, 9.17) is 15.2 Å². The van der Waals surface area contributed by atoms with E-state index in [1.54, 1.807) is 0 Å². The maximum absolute atomic E-state index is 5.82. The van der Waals surface area contributed by atoms with Crippen molar-refractivity contribution in [1.29, 1.82) is 0 Å². The lowest BCUT2D eigenvalue weighted by molar-refractivity contribution is 0.216. The van der Waals surface area contributed by atoms with Crippen LogP contribution in [0, 0.1) is 20.8 Å². The summed E-state index contributed by atoms with van der Waals surface area (Å²) in [5.74, 6) is 1.65. The van der Waals surface area contributed by atoms with Gasteiger partial charge in [0.15, 0.2) is 0 Å². The molecule has 0 heterocycles. The van der Waals surface area contributed by atoms with Crippen LogP contribution < -0.4 is 15.2 Å². The Morgan fingerprint density at radius 2 is 1.50 bits per heavy atom. The van der Waals surface area contributed by atoms with Crippen molar-refractivity contribution in [1.82, 2.24) is 0 Å². The highest BCUT2D eigenvalue weighted by atomic mass is 16.5. The Bertz CT molecular complexity index is 570. The summed E-state index contributed by atoms with van der Waals surface area (Å²) in [4.78, 5) is 0. The van der Waals surface area contributed by atoms with Gasteiger partial charge in [0.25, 0.3) is 0 Å². The number of anilines is 1. The Morgan fingerprint density at radius 3 is 2.15 bits per heavy atom. The van der Waals surface area contributed by atoms with Gasteiger partial charge in [0.1, 0.15) is 24.7 Å². The standard InChI is InChI=1S/C17H21NO2/c1-12-10-13(2)17(14(3)11-12)20-9-8-19-16-7-5-4-6-15(16)18/h4-7,10-11H,8-9,18H2,1-3H3. The minimum Gasteiger partial charge on any atom is -0.489 e. The molecular weight excluding hydrogens is 250 g/mol. The molecule has 0 aromatic heterocycles. The molecule has 0 unspecified atom stereocenters. The Morgan fingerprint density at radius 1 is 0.900 bits per heavy atom. The maximum Gasteiger partial charge on any atom is 0.142 e.